The van der Waals surface area contributed by atoms with E-state index in [0.717, 1.165) is 11.3 Å². The number of hydrogen-bond donors (Lipinski definition) is 1. The molecule has 2 nitrogen and oxygen atoms in total. The molecule has 2 rings (SSSR count). The van der Waals surface area contributed by atoms with Gasteiger partial charge in [0.1, 0.15) is 5.75 Å². The number of nitrogens with two attached hydrogens (primary N) is 1. The summed E-state index contributed by atoms with van der Waals surface area (Å²) in [5.74, 6) is 0.848. The lowest BCUT2D eigenvalue weighted by Crippen LogP contribution is -2.10. The first kappa shape index (κ1) is 11.2. The Kier molecular flexibility index (Phi) is 3.27. The fraction of sp³-hybridized carbons (Fsp3) is 0.231. The summed E-state index contributed by atoms with van der Waals surface area (Å²) in [4.78, 5) is 2.47. The van der Waals surface area contributed by atoms with Gasteiger partial charge in [-0.2, -0.15) is 0 Å². The molecule has 1 unspecified atom stereocenters. The predicted octanol–water partition coefficient (Wildman–Crippen LogP) is 3.11. The number of ether oxygens (including phenoxy) is 1. The summed E-state index contributed by atoms with van der Waals surface area (Å²) < 4.78 is 5.19. The van der Waals surface area contributed by atoms with Crippen LogP contribution < -0.4 is 10.5 Å². The molecule has 0 spiro atoms. The van der Waals surface area contributed by atoms with E-state index in [2.05, 4.69) is 19.1 Å². The van der Waals surface area contributed by atoms with E-state index in [9.17, 15) is 0 Å². The van der Waals surface area contributed by atoms with Crippen LogP contribution in [0.2, 0.25) is 0 Å². The van der Waals surface area contributed by atoms with E-state index in [0.29, 0.717) is 0 Å². The molecular weight excluding hydrogens is 218 g/mol. The van der Waals surface area contributed by atoms with Gasteiger partial charge in [-0.3, -0.25) is 0 Å². The molecule has 0 radical (unpaired) electrons. The summed E-state index contributed by atoms with van der Waals surface area (Å²) >= 11 is 1.74. The van der Waals surface area contributed by atoms with Crippen LogP contribution in [-0.2, 0) is 0 Å². The van der Waals surface area contributed by atoms with Crippen molar-refractivity contribution in [2.24, 2.45) is 5.73 Å². The van der Waals surface area contributed by atoms with Crippen molar-refractivity contribution in [1.82, 2.24) is 0 Å². The highest BCUT2D eigenvalue weighted by atomic mass is 32.1. The van der Waals surface area contributed by atoms with Crippen molar-refractivity contribution in [1.29, 1.82) is 0 Å². The first-order chi connectivity index (χ1) is 7.70. The Labute approximate surface area is 99.7 Å². The van der Waals surface area contributed by atoms with Crippen LogP contribution in [0.25, 0.3) is 0 Å². The van der Waals surface area contributed by atoms with Gasteiger partial charge in [0, 0.05) is 9.75 Å². The van der Waals surface area contributed by atoms with Gasteiger partial charge in [-0.15, -0.1) is 11.3 Å². The van der Waals surface area contributed by atoms with Crippen LogP contribution in [0.1, 0.15) is 21.4 Å². The summed E-state index contributed by atoms with van der Waals surface area (Å²) in [6, 6.07) is 12.0. The van der Waals surface area contributed by atoms with Gasteiger partial charge < -0.3 is 10.5 Å². The Bertz CT molecular complexity index is 478. The fourth-order valence-corrected chi connectivity index (χ4v) is 2.53. The molecule has 0 fully saturated rings. The number of thiophene rings is 1. The third kappa shape index (κ3) is 2.26. The molecule has 0 bridgehead atoms. The van der Waals surface area contributed by atoms with Gasteiger partial charge in [0.15, 0.2) is 0 Å². The van der Waals surface area contributed by atoms with E-state index >= 15 is 0 Å². The lowest BCUT2D eigenvalue weighted by molar-refractivity contribution is 0.414. The molecule has 0 aliphatic heterocycles. The number of hydrogen-bond acceptors (Lipinski definition) is 3. The van der Waals surface area contributed by atoms with Gasteiger partial charge in [0.2, 0.25) is 0 Å². The second-order valence-electron chi connectivity index (χ2n) is 3.70. The van der Waals surface area contributed by atoms with Gasteiger partial charge in [-0.1, -0.05) is 12.1 Å². The van der Waals surface area contributed by atoms with E-state index < -0.39 is 0 Å². The average Bonchev–Trinajstić information content (AvgIpc) is 2.75. The molecule has 1 aromatic heterocycles. The minimum Gasteiger partial charge on any atom is -0.497 e. The SMILES string of the molecule is COc1cccc(C(N)c2ccc(C)s2)c1. The third-order valence-electron chi connectivity index (χ3n) is 2.52. The van der Waals surface area contributed by atoms with Crippen LogP contribution >= 0.6 is 11.3 Å². The normalized spacial score (nSPS) is 12.4. The maximum atomic E-state index is 6.21. The molecule has 84 valence electrons. The number of methoxy groups -OCH3 is 1. The van der Waals surface area contributed by atoms with E-state index in [4.69, 9.17) is 10.5 Å². The molecule has 3 heteroatoms. The zero-order valence-corrected chi connectivity index (χ0v) is 10.3. The smallest absolute Gasteiger partial charge is 0.119 e. The monoisotopic (exact) mass is 233 g/mol. The number of rotatable bonds is 3. The van der Waals surface area contributed by atoms with Crippen LogP contribution in [0.3, 0.4) is 0 Å². The topological polar surface area (TPSA) is 35.2 Å². The molecule has 0 saturated heterocycles. The summed E-state index contributed by atoms with van der Waals surface area (Å²) in [6.45, 7) is 2.09. The first-order valence-corrected chi connectivity index (χ1v) is 5.98. The van der Waals surface area contributed by atoms with Crippen molar-refractivity contribution in [3.8, 4) is 5.75 Å². The molecule has 2 aromatic rings. The van der Waals surface area contributed by atoms with Crippen LogP contribution in [0.4, 0.5) is 0 Å². The fourth-order valence-electron chi connectivity index (χ4n) is 1.62. The summed E-state index contributed by atoms with van der Waals surface area (Å²) in [5, 5.41) is 0. The zero-order chi connectivity index (χ0) is 11.5. The van der Waals surface area contributed by atoms with Crippen LogP contribution in [0.15, 0.2) is 36.4 Å². The van der Waals surface area contributed by atoms with E-state index in [1.807, 2.05) is 24.3 Å². The van der Waals surface area contributed by atoms with Crippen LogP contribution in [-0.4, -0.2) is 7.11 Å². The molecule has 1 heterocycles. The second-order valence-corrected chi connectivity index (χ2v) is 5.02. The van der Waals surface area contributed by atoms with Gasteiger partial charge in [0.25, 0.3) is 0 Å². The Hall–Kier alpha value is -1.32. The maximum absolute atomic E-state index is 6.21. The first-order valence-electron chi connectivity index (χ1n) is 5.16. The summed E-state index contributed by atoms with van der Waals surface area (Å²) in [5.41, 5.74) is 7.29. The van der Waals surface area contributed by atoms with Crippen molar-refractivity contribution in [3.63, 3.8) is 0 Å². The standard InChI is InChI=1S/C13H15NOS/c1-9-6-7-12(16-9)13(14)10-4-3-5-11(8-10)15-2/h3-8,13H,14H2,1-2H3. The van der Waals surface area contributed by atoms with E-state index in [-0.39, 0.29) is 6.04 Å². The van der Waals surface area contributed by atoms with Gasteiger partial charge >= 0.3 is 0 Å². The molecule has 0 amide bonds. The highest BCUT2D eigenvalue weighted by molar-refractivity contribution is 7.12. The lowest BCUT2D eigenvalue weighted by atomic mass is 10.1. The van der Waals surface area contributed by atoms with Crippen LogP contribution in [0, 0.1) is 6.92 Å². The highest BCUT2D eigenvalue weighted by Gasteiger charge is 2.11. The molecular formula is C13H15NOS. The molecule has 2 N–H and O–H groups in total. The van der Waals surface area contributed by atoms with Crippen molar-refractivity contribution in [2.45, 2.75) is 13.0 Å². The summed E-state index contributed by atoms with van der Waals surface area (Å²) in [7, 11) is 1.67. The summed E-state index contributed by atoms with van der Waals surface area (Å²) in [6.07, 6.45) is 0. The number of aryl methyl sites for hydroxylation is 1. The van der Waals surface area contributed by atoms with Crippen molar-refractivity contribution in [3.05, 3.63) is 51.7 Å². The van der Waals surface area contributed by atoms with Crippen molar-refractivity contribution < 1.29 is 4.74 Å². The lowest BCUT2D eigenvalue weighted by Gasteiger charge is -2.11. The molecule has 0 saturated carbocycles. The molecule has 16 heavy (non-hydrogen) atoms. The molecule has 1 atom stereocenters. The number of benzene rings is 1. The minimum absolute atomic E-state index is 0.0613. The quantitative estimate of drug-likeness (QED) is 0.884. The second kappa shape index (κ2) is 4.68. The van der Waals surface area contributed by atoms with E-state index in [1.165, 1.54) is 9.75 Å². The maximum Gasteiger partial charge on any atom is 0.119 e. The van der Waals surface area contributed by atoms with Crippen molar-refractivity contribution >= 4 is 11.3 Å². The molecule has 1 aromatic carbocycles. The van der Waals surface area contributed by atoms with Gasteiger partial charge in [0.05, 0.1) is 13.2 Å². The Morgan fingerprint density at radius 1 is 1.25 bits per heavy atom. The van der Waals surface area contributed by atoms with E-state index in [1.54, 1.807) is 18.4 Å². The minimum atomic E-state index is -0.0613. The zero-order valence-electron chi connectivity index (χ0n) is 9.44. The Morgan fingerprint density at radius 2 is 2.06 bits per heavy atom. The Balaban J connectivity index is 2.29. The largest absolute Gasteiger partial charge is 0.497 e. The average molecular weight is 233 g/mol. The van der Waals surface area contributed by atoms with Crippen LogP contribution in [0.5, 0.6) is 5.75 Å². The Morgan fingerprint density at radius 3 is 2.69 bits per heavy atom. The van der Waals surface area contributed by atoms with Gasteiger partial charge in [-0.05, 0) is 36.8 Å². The predicted molar refractivity (Wildman–Crippen MR) is 68.1 cm³/mol. The van der Waals surface area contributed by atoms with Gasteiger partial charge in [-0.25, -0.2) is 0 Å². The third-order valence-corrected chi connectivity index (χ3v) is 3.60. The highest BCUT2D eigenvalue weighted by Crippen LogP contribution is 2.27. The van der Waals surface area contributed by atoms with Crippen molar-refractivity contribution in [2.75, 3.05) is 7.11 Å². The molecule has 0 aliphatic rings. The molecule has 0 aliphatic carbocycles.